The Morgan fingerprint density at radius 2 is 1.56 bits per heavy atom. The second-order valence-electron chi connectivity index (χ2n) is 17.8. The smallest absolute Gasteiger partial charge is 0.410 e. The summed E-state index contributed by atoms with van der Waals surface area (Å²) in [5.41, 5.74) is -4.30. The van der Waals surface area contributed by atoms with Gasteiger partial charge in [0.15, 0.2) is 0 Å². The number of alkyl halides is 9. The van der Waals surface area contributed by atoms with Gasteiger partial charge in [-0.25, -0.2) is 9.46 Å². The number of ether oxygens (including phenoxy) is 3. The molecule has 1 aliphatic heterocycles. The minimum Gasteiger partial charge on any atom is -0.410 e. The van der Waals surface area contributed by atoms with Gasteiger partial charge in [-0.2, -0.15) is 44.8 Å². The summed E-state index contributed by atoms with van der Waals surface area (Å²) >= 11 is 0. The molecule has 2 saturated carbocycles. The second kappa shape index (κ2) is 22.6. The summed E-state index contributed by atoms with van der Waals surface area (Å²) in [4.78, 5) is 15.7. The van der Waals surface area contributed by atoms with E-state index in [-0.39, 0.29) is 54.5 Å². The number of carbonyl (C=O) groups excluding carboxylic acids is 1. The van der Waals surface area contributed by atoms with Gasteiger partial charge in [0.25, 0.3) is 8.53 Å². The molecule has 364 valence electrons. The predicted octanol–water partition coefficient (Wildman–Crippen LogP) is 12.8. The van der Waals surface area contributed by atoms with E-state index in [2.05, 4.69) is 50.1 Å². The van der Waals surface area contributed by atoms with Crippen LogP contribution in [-0.2, 0) is 24.9 Å². The van der Waals surface area contributed by atoms with E-state index in [1.807, 2.05) is 23.1 Å². The summed E-state index contributed by atoms with van der Waals surface area (Å²) in [6.07, 6.45) is -14.5. The Morgan fingerprint density at radius 1 is 0.875 bits per heavy atom. The zero-order valence-electron chi connectivity index (χ0n) is 37.0. The average Bonchev–Trinajstić information content (AvgIpc) is 3.54. The lowest BCUT2D eigenvalue weighted by molar-refractivity contribution is -0.457. The zero-order chi connectivity index (χ0) is 47.1. The maximum atomic E-state index is 13.9. The van der Waals surface area contributed by atoms with Crippen molar-refractivity contribution in [3.05, 3.63) is 29.3 Å². The van der Waals surface area contributed by atoms with Crippen LogP contribution in [0.5, 0.6) is 5.75 Å². The summed E-state index contributed by atoms with van der Waals surface area (Å²) in [7, 11) is 2.19. The van der Waals surface area contributed by atoms with E-state index in [1.54, 1.807) is 21.6 Å². The molecule has 3 aliphatic carbocycles. The van der Waals surface area contributed by atoms with Gasteiger partial charge in [-0.1, -0.05) is 34.6 Å². The summed E-state index contributed by atoms with van der Waals surface area (Å²) in [5.74, 6) is 2.96. The zero-order valence-corrected chi connectivity index (χ0v) is 39.5. The molecule has 0 aromatic heterocycles. The topological polar surface area (TPSA) is 93.5 Å². The van der Waals surface area contributed by atoms with Gasteiger partial charge in [-0.05, 0) is 138 Å². The van der Waals surface area contributed by atoms with E-state index in [4.69, 9.17) is 23.8 Å². The molecule has 7 unspecified atom stereocenters. The Kier molecular flexibility index (Phi) is 18.8. The first kappa shape index (κ1) is 53.2. The molecule has 1 heterocycles. The first-order chi connectivity index (χ1) is 30.1. The van der Waals surface area contributed by atoms with Gasteiger partial charge >= 0.3 is 30.2 Å². The second-order valence-corrected chi connectivity index (χ2v) is 21.9. The maximum absolute atomic E-state index is 13.9. The maximum Gasteiger partial charge on any atom is 0.435 e. The molecule has 4 aliphatic rings. The monoisotopic (exact) mass is 981 g/mol. The Bertz CT molecular complexity index is 1670. The van der Waals surface area contributed by atoms with Crippen LogP contribution in [0.4, 0.5) is 44.3 Å². The fourth-order valence-electron chi connectivity index (χ4n) is 10.2. The molecule has 0 bridgehead atoms. The molecule has 1 aromatic carbocycles. The van der Waals surface area contributed by atoms with Crippen LogP contribution in [0.2, 0.25) is 0 Å². The van der Waals surface area contributed by atoms with Crippen LogP contribution < -0.4 is 4.74 Å². The van der Waals surface area contributed by atoms with Crippen LogP contribution in [0.1, 0.15) is 116 Å². The van der Waals surface area contributed by atoms with Gasteiger partial charge in [-0.15, -0.1) is 0 Å². The number of rotatable bonds is 20. The quantitative estimate of drug-likeness (QED) is 0.0544. The third-order valence-corrected chi connectivity index (χ3v) is 17.8. The molecule has 1 amide bonds. The van der Waals surface area contributed by atoms with E-state index in [0.29, 0.717) is 50.7 Å². The first-order valence-electron chi connectivity index (χ1n) is 22.1. The van der Waals surface area contributed by atoms with Crippen LogP contribution in [0, 0.1) is 28.6 Å². The van der Waals surface area contributed by atoms with Gasteiger partial charge < -0.3 is 28.2 Å². The van der Waals surface area contributed by atoms with Crippen molar-refractivity contribution in [2.45, 2.75) is 160 Å². The first-order valence-corrected chi connectivity index (χ1v) is 25.7. The van der Waals surface area contributed by atoms with Crippen molar-refractivity contribution >= 4 is 36.2 Å². The lowest BCUT2D eigenvalue weighted by atomic mass is 9.55. The highest BCUT2D eigenvalue weighted by atomic mass is 33.1. The van der Waals surface area contributed by atoms with E-state index in [9.17, 15) is 44.3 Å². The number of fused-ring (bicyclic) bond motifs is 5. The molecule has 0 radical (unpaired) electrons. The number of carbonyl (C=O) groups is 1. The minimum absolute atomic E-state index is 0.0311. The number of hydrogen-bond acceptors (Lipinski definition) is 10. The summed E-state index contributed by atoms with van der Waals surface area (Å²) in [5, 5.41) is 9.02. The van der Waals surface area contributed by atoms with E-state index < -0.39 is 51.8 Å². The van der Waals surface area contributed by atoms with Gasteiger partial charge in [0.05, 0.1) is 38.4 Å². The number of benzene rings is 1. The van der Waals surface area contributed by atoms with Crippen LogP contribution in [0.15, 0.2) is 18.2 Å². The van der Waals surface area contributed by atoms with Crippen LogP contribution in [0.25, 0.3) is 0 Å². The van der Waals surface area contributed by atoms with Crippen LogP contribution in [-0.4, -0.2) is 109 Å². The number of nitrogens with zero attached hydrogens (tertiary/aromatic N) is 3. The van der Waals surface area contributed by atoms with Crippen LogP contribution in [0.3, 0.4) is 0 Å². The van der Waals surface area contributed by atoms with Gasteiger partial charge in [0.1, 0.15) is 5.75 Å². The molecule has 3 fully saturated rings. The standard InChI is InChI=1S/C43H61F9N3O6PS2/c1-28(2)55(29(3)4)62(60-24-8-19-53)59-23-7-6-20-54(31-17-25-63-64-27-31)38(56)61-32-11-13-33-30(26-32)10-12-35-34(33)16-18-39(5)36(35)14-15-37(39)57-21-9-22-58-40(41(44,45)46,42(47,48)49)43(50,51)52/h11,13,26,28-29,31,34-37H,6-10,12,14-18,20-25,27H2,1-5H3. The molecule has 0 spiro atoms. The van der Waals surface area contributed by atoms with Crippen molar-refractivity contribution < 1.29 is 67.6 Å². The highest BCUT2D eigenvalue weighted by molar-refractivity contribution is 8.76. The Hall–Kier alpha value is -1.72. The van der Waals surface area contributed by atoms with E-state index >= 15 is 0 Å². The largest absolute Gasteiger partial charge is 0.435 e. The highest BCUT2D eigenvalue weighted by Crippen LogP contribution is 2.62. The van der Waals surface area contributed by atoms with Crippen molar-refractivity contribution in [2.75, 3.05) is 44.5 Å². The molecule has 7 atom stereocenters. The SMILES string of the molecule is CC(C)N(C(C)C)P(OCCC#N)OCCCCN(C(=O)Oc1ccc2c(c1)CCC1C2CCC2(C)C(OCCCOC(C(F)(F)F)(C(F)(F)F)C(F)(F)F)CCC12)C1CCSSC1. The molecular weight excluding hydrogens is 921 g/mol. The Morgan fingerprint density at radius 3 is 2.19 bits per heavy atom. The average molecular weight is 982 g/mol. The number of aryl methyl sites for hydroxylation is 1. The van der Waals surface area contributed by atoms with E-state index in [0.717, 1.165) is 55.6 Å². The number of halogens is 9. The number of nitriles is 1. The fraction of sp³-hybridized carbons (Fsp3) is 0.814. The Balaban J connectivity index is 1.15. The van der Waals surface area contributed by atoms with Crippen molar-refractivity contribution in [2.24, 2.45) is 17.3 Å². The summed E-state index contributed by atoms with van der Waals surface area (Å²) in [6.45, 7) is 9.88. The number of amides is 1. The van der Waals surface area contributed by atoms with Crippen molar-refractivity contribution in [3.63, 3.8) is 0 Å². The predicted molar refractivity (Wildman–Crippen MR) is 229 cm³/mol. The third-order valence-electron chi connectivity index (χ3n) is 13.2. The molecule has 64 heavy (non-hydrogen) atoms. The van der Waals surface area contributed by atoms with Crippen molar-refractivity contribution in [1.82, 2.24) is 9.57 Å². The molecule has 5 rings (SSSR count). The molecule has 1 saturated heterocycles. The summed E-state index contributed by atoms with van der Waals surface area (Å²) in [6, 6.07) is 8.39. The molecule has 0 N–H and O–H groups in total. The van der Waals surface area contributed by atoms with Gasteiger partial charge in [0.2, 0.25) is 0 Å². The van der Waals surface area contributed by atoms with Gasteiger partial charge in [0, 0.05) is 42.8 Å². The normalized spacial score (nSPS) is 25.8. The lowest BCUT2D eigenvalue weighted by Gasteiger charge is -2.50. The molecular formula is C43H61F9N3O6PS2. The van der Waals surface area contributed by atoms with Crippen LogP contribution >= 0.6 is 30.1 Å². The molecule has 1 aromatic rings. The van der Waals surface area contributed by atoms with E-state index in [1.165, 1.54) is 5.56 Å². The third kappa shape index (κ3) is 12.1. The lowest BCUT2D eigenvalue weighted by Crippen LogP contribution is -2.67. The Labute approximate surface area is 379 Å². The molecule has 9 nitrogen and oxygen atoms in total. The minimum atomic E-state index is -6.77. The van der Waals surface area contributed by atoms with Gasteiger partial charge in [-0.3, -0.25) is 0 Å². The van der Waals surface area contributed by atoms with Crippen molar-refractivity contribution in [3.8, 4) is 11.8 Å². The number of unbranched alkanes of at least 4 members (excludes halogenated alkanes) is 1. The number of hydrogen-bond donors (Lipinski definition) is 0. The summed E-state index contributed by atoms with van der Waals surface area (Å²) < 4.78 is 150. The van der Waals surface area contributed by atoms with Crippen molar-refractivity contribution in [1.29, 1.82) is 5.26 Å². The fourth-order valence-corrected chi connectivity index (χ4v) is 14.3. The molecule has 21 heteroatoms. The highest BCUT2D eigenvalue weighted by Gasteiger charge is 2.85.